The van der Waals surface area contributed by atoms with Crippen molar-refractivity contribution in [3.8, 4) is 0 Å². The van der Waals surface area contributed by atoms with E-state index in [-0.39, 0.29) is 18.5 Å². The summed E-state index contributed by atoms with van der Waals surface area (Å²) >= 11 is 5.94. The highest BCUT2D eigenvalue weighted by atomic mass is 35.5. The topological polar surface area (TPSA) is 84.5 Å². The van der Waals surface area contributed by atoms with Crippen LogP contribution in [0, 0.1) is 11.6 Å². The van der Waals surface area contributed by atoms with Crippen LogP contribution in [0.3, 0.4) is 0 Å². The molecule has 28 heavy (non-hydrogen) atoms. The third-order valence-corrected chi connectivity index (χ3v) is 3.93. The van der Waals surface area contributed by atoms with Gasteiger partial charge in [-0.05, 0) is 31.2 Å². The highest BCUT2D eigenvalue weighted by Crippen LogP contribution is 2.20. The number of ether oxygens (including phenoxy) is 1. The summed E-state index contributed by atoms with van der Waals surface area (Å²) in [5.74, 6) is -3.91. The first kappa shape index (κ1) is 21.3. The van der Waals surface area contributed by atoms with Crippen molar-refractivity contribution in [2.24, 2.45) is 0 Å². The molecule has 0 aromatic heterocycles. The van der Waals surface area contributed by atoms with Gasteiger partial charge in [-0.2, -0.15) is 0 Å². The third-order valence-electron chi connectivity index (χ3n) is 3.60. The summed E-state index contributed by atoms with van der Waals surface area (Å²) < 4.78 is 31.3. The lowest BCUT2D eigenvalue weighted by atomic mass is 10.2. The minimum absolute atomic E-state index is 0.146. The van der Waals surface area contributed by atoms with Gasteiger partial charge in [-0.15, -0.1) is 0 Å². The van der Waals surface area contributed by atoms with E-state index in [0.717, 1.165) is 12.1 Å². The van der Waals surface area contributed by atoms with Crippen LogP contribution in [-0.2, 0) is 14.3 Å². The van der Waals surface area contributed by atoms with Crippen molar-refractivity contribution in [1.82, 2.24) is 5.32 Å². The van der Waals surface area contributed by atoms with Crippen LogP contribution in [0.25, 0.3) is 0 Å². The fourth-order valence-corrected chi connectivity index (χ4v) is 2.34. The van der Waals surface area contributed by atoms with Crippen LogP contribution >= 0.6 is 11.6 Å². The number of hydrogen-bond donors (Lipinski definition) is 2. The number of carbonyl (C=O) groups excluding carboxylic acids is 3. The fourth-order valence-electron chi connectivity index (χ4n) is 2.15. The number of anilines is 1. The number of carbonyl (C=O) groups is 3. The first-order valence-electron chi connectivity index (χ1n) is 8.26. The molecule has 0 fully saturated rings. The predicted molar refractivity (Wildman–Crippen MR) is 98.9 cm³/mol. The van der Waals surface area contributed by atoms with E-state index in [2.05, 4.69) is 10.6 Å². The molecule has 6 nitrogen and oxygen atoms in total. The Morgan fingerprint density at radius 3 is 2.54 bits per heavy atom. The molecule has 9 heteroatoms. The van der Waals surface area contributed by atoms with E-state index in [1.54, 1.807) is 24.3 Å². The molecule has 0 saturated carbocycles. The van der Waals surface area contributed by atoms with Crippen molar-refractivity contribution >= 4 is 35.1 Å². The SMILES string of the molecule is CC(OC(=O)CCNC(=O)c1ccc(F)cc1F)C(=O)Nc1ccccc1Cl. The first-order chi connectivity index (χ1) is 13.3. The number of amides is 2. The van der Waals surface area contributed by atoms with Gasteiger partial charge in [0, 0.05) is 12.6 Å². The smallest absolute Gasteiger partial charge is 0.308 e. The fraction of sp³-hybridized carbons (Fsp3) is 0.211. The van der Waals surface area contributed by atoms with Gasteiger partial charge < -0.3 is 15.4 Å². The zero-order chi connectivity index (χ0) is 20.7. The van der Waals surface area contributed by atoms with E-state index < -0.39 is 35.5 Å². The molecule has 1 atom stereocenters. The predicted octanol–water partition coefficient (Wildman–Crippen LogP) is 3.31. The van der Waals surface area contributed by atoms with E-state index in [4.69, 9.17) is 16.3 Å². The van der Waals surface area contributed by atoms with Crippen molar-refractivity contribution in [3.63, 3.8) is 0 Å². The number of esters is 1. The van der Waals surface area contributed by atoms with Gasteiger partial charge in [0.25, 0.3) is 11.8 Å². The molecule has 1 unspecified atom stereocenters. The number of nitrogens with one attached hydrogen (secondary N) is 2. The summed E-state index contributed by atoms with van der Waals surface area (Å²) in [6, 6.07) is 9.12. The minimum Gasteiger partial charge on any atom is -0.452 e. The molecule has 0 bridgehead atoms. The maximum Gasteiger partial charge on any atom is 0.308 e. The summed E-state index contributed by atoms with van der Waals surface area (Å²) in [6.07, 6.45) is -1.33. The van der Waals surface area contributed by atoms with E-state index in [1.807, 2.05) is 0 Å². The molecule has 2 N–H and O–H groups in total. The molecule has 0 aliphatic carbocycles. The molecule has 148 valence electrons. The molecular formula is C19H17ClF2N2O4. The summed E-state index contributed by atoms with van der Waals surface area (Å²) in [7, 11) is 0. The van der Waals surface area contributed by atoms with Crippen LogP contribution in [0.1, 0.15) is 23.7 Å². The highest BCUT2D eigenvalue weighted by molar-refractivity contribution is 6.33. The van der Waals surface area contributed by atoms with Crippen molar-refractivity contribution in [2.45, 2.75) is 19.4 Å². The molecular weight excluding hydrogens is 394 g/mol. The van der Waals surface area contributed by atoms with Crippen LogP contribution in [-0.4, -0.2) is 30.4 Å². The number of para-hydroxylation sites is 1. The normalized spacial score (nSPS) is 11.4. The lowest BCUT2D eigenvalue weighted by Crippen LogP contribution is -2.32. The van der Waals surface area contributed by atoms with Crippen molar-refractivity contribution in [3.05, 3.63) is 64.7 Å². The number of hydrogen-bond acceptors (Lipinski definition) is 4. The van der Waals surface area contributed by atoms with Gasteiger partial charge in [-0.3, -0.25) is 14.4 Å². The number of benzene rings is 2. The molecule has 0 heterocycles. The Hall–Kier alpha value is -3.00. The lowest BCUT2D eigenvalue weighted by Gasteiger charge is -2.14. The van der Waals surface area contributed by atoms with E-state index >= 15 is 0 Å². The van der Waals surface area contributed by atoms with Crippen molar-refractivity contribution < 1.29 is 27.9 Å². The molecule has 0 aliphatic heterocycles. The van der Waals surface area contributed by atoms with Crippen molar-refractivity contribution in [1.29, 1.82) is 0 Å². The summed E-state index contributed by atoms with van der Waals surface area (Å²) in [4.78, 5) is 35.7. The average molecular weight is 411 g/mol. The monoisotopic (exact) mass is 410 g/mol. The Balaban J connectivity index is 1.77. The first-order valence-corrected chi connectivity index (χ1v) is 8.64. The van der Waals surface area contributed by atoms with Gasteiger partial charge in [0.05, 0.1) is 22.7 Å². The summed E-state index contributed by atoms with van der Waals surface area (Å²) in [5.41, 5.74) is 0.0351. The molecule has 0 spiro atoms. The minimum atomic E-state index is -1.09. The van der Waals surface area contributed by atoms with Gasteiger partial charge >= 0.3 is 5.97 Å². The van der Waals surface area contributed by atoms with Crippen LogP contribution in [0.4, 0.5) is 14.5 Å². The van der Waals surface area contributed by atoms with E-state index in [0.29, 0.717) is 16.8 Å². The van der Waals surface area contributed by atoms with Crippen LogP contribution < -0.4 is 10.6 Å². The quantitative estimate of drug-likeness (QED) is 0.686. The van der Waals surface area contributed by atoms with E-state index in [9.17, 15) is 23.2 Å². The largest absolute Gasteiger partial charge is 0.452 e. The van der Waals surface area contributed by atoms with Gasteiger partial charge in [-0.1, -0.05) is 23.7 Å². The second-order valence-corrected chi connectivity index (χ2v) is 6.14. The second-order valence-electron chi connectivity index (χ2n) is 5.73. The Morgan fingerprint density at radius 2 is 1.86 bits per heavy atom. The standard InChI is InChI=1S/C19H17ClF2N2O4/c1-11(18(26)24-16-5-3-2-4-14(16)20)28-17(25)8-9-23-19(27)13-7-6-12(21)10-15(13)22/h2-7,10-11H,8-9H2,1H3,(H,23,27)(H,24,26). The Morgan fingerprint density at radius 1 is 1.14 bits per heavy atom. The van der Waals surface area contributed by atoms with Gasteiger partial charge in [0.15, 0.2) is 6.10 Å². The third kappa shape index (κ3) is 6.02. The van der Waals surface area contributed by atoms with Gasteiger partial charge in [-0.25, -0.2) is 8.78 Å². The lowest BCUT2D eigenvalue weighted by molar-refractivity contribution is -0.153. The molecule has 2 amide bonds. The molecule has 2 aromatic carbocycles. The molecule has 0 radical (unpaired) electrons. The Bertz CT molecular complexity index is 892. The van der Waals surface area contributed by atoms with Crippen LogP contribution in [0.5, 0.6) is 0 Å². The maximum absolute atomic E-state index is 13.5. The second kappa shape index (κ2) is 9.80. The number of halogens is 3. The van der Waals surface area contributed by atoms with Gasteiger partial charge in [0.2, 0.25) is 0 Å². The highest BCUT2D eigenvalue weighted by Gasteiger charge is 2.19. The summed E-state index contributed by atoms with van der Waals surface area (Å²) in [6.45, 7) is 1.24. The summed E-state index contributed by atoms with van der Waals surface area (Å²) in [5, 5.41) is 5.19. The van der Waals surface area contributed by atoms with Crippen molar-refractivity contribution in [2.75, 3.05) is 11.9 Å². The Kier molecular flexibility index (Phi) is 7.45. The molecule has 0 aliphatic rings. The van der Waals surface area contributed by atoms with Gasteiger partial charge in [0.1, 0.15) is 11.6 Å². The molecule has 2 rings (SSSR count). The van der Waals surface area contributed by atoms with Crippen LogP contribution in [0.15, 0.2) is 42.5 Å². The Labute approximate surface area is 164 Å². The average Bonchev–Trinajstić information content (AvgIpc) is 2.63. The maximum atomic E-state index is 13.5. The number of rotatable bonds is 7. The molecule has 0 saturated heterocycles. The zero-order valence-electron chi connectivity index (χ0n) is 14.8. The molecule has 2 aromatic rings. The zero-order valence-corrected chi connectivity index (χ0v) is 15.6. The van der Waals surface area contributed by atoms with E-state index in [1.165, 1.54) is 6.92 Å². The van der Waals surface area contributed by atoms with Crippen LogP contribution in [0.2, 0.25) is 5.02 Å².